The van der Waals surface area contributed by atoms with Crippen LogP contribution in [0.3, 0.4) is 0 Å². The minimum absolute atomic E-state index is 0.358. The van der Waals surface area contributed by atoms with Gasteiger partial charge in [-0.3, -0.25) is 0 Å². The molecule has 78 valence electrons. The molecule has 0 aromatic carbocycles. The largest absolute Gasteiger partial charge is 0.424 e. The molecule has 1 aliphatic heterocycles. The Morgan fingerprint density at radius 3 is 2.43 bits per heavy atom. The van der Waals surface area contributed by atoms with E-state index in [0.717, 1.165) is 0 Å². The summed E-state index contributed by atoms with van der Waals surface area (Å²) < 4.78 is 15.3. The molecule has 0 bridgehead atoms. The second-order valence-electron chi connectivity index (χ2n) is 2.60. The van der Waals surface area contributed by atoms with Crippen LogP contribution in [0.1, 0.15) is 13.8 Å². The number of rotatable bonds is 5. The average molecular weight is 198 g/mol. The Hall–Kier alpha value is -1.13. The van der Waals surface area contributed by atoms with E-state index in [-0.39, 0.29) is 5.97 Å². The zero-order chi connectivity index (χ0) is 10.4. The lowest BCUT2D eigenvalue weighted by Crippen LogP contribution is -2.15. The van der Waals surface area contributed by atoms with Crippen LogP contribution in [0.25, 0.3) is 0 Å². The van der Waals surface area contributed by atoms with E-state index in [9.17, 15) is 4.79 Å². The SMILES string of the molecule is CCOC(/C=C1\C=CC(=O)O1)OCC. The van der Waals surface area contributed by atoms with Gasteiger partial charge >= 0.3 is 5.97 Å². The van der Waals surface area contributed by atoms with Gasteiger partial charge < -0.3 is 14.2 Å². The Morgan fingerprint density at radius 2 is 2.00 bits per heavy atom. The first-order valence-electron chi connectivity index (χ1n) is 4.61. The number of esters is 1. The van der Waals surface area contributed by atoms with E-state index in [4.69, 9.17) is 14.2 Å². The number of hydrogen-bond donors (Lipinski definition) is 0. The van der Waals surface area contributed by atoms with Crippen molar-refractivity contribution < 1.29 is 19.0 Å². The Morgan fingerprint density at radius 1 is 1.36 bits per heavy atom. The van der Waals surface area contributed by atoms with E-state index in [0.29, 0.717) is 19.0 Å². The average Bonchev–Trinajstić information content (AvgIpc) is 2.52. The van der Waals surface area contributed by atoms with Crippen LogP contribution in [0.2, 0.25) is 0 Å². The van der Waals surface area contributed by atoms with Crippen molar-refractivity contribution in [1.82, 2.24) is 0 Å². The van der Waals surface area contributed by atoms with Crippen LogP contribution < -0.4 is 0 Å². The zero-order valence-corrected chi connectivity index (χ0v) is 8.36. The summed E-state index contributed by atoms with van der Waals surface area (Å²) in [5.41, 5.74) is 0. The molecule has 4 nitrogen and oxygen atoms in total. The molecule has 0 aromatic rings. The molecule has 0 saturated heterocycles. The van der Waals surface area contributed by atoms with E-state index in [1.165, 1.54) is 6.08 Å². The molecule has 0 unspecified atom stereocenters. The molecule has 0 saturated carbocycles. The summed E-state index contributed by atoms with van der Waals surface area (Å²) in [6, 6.07) is 0. The molecule has 0 atom stereocenters. The lowest BCUT2D eigenvalue weighted by atomic mass is 10.4. The third kappa shape index (κ3) is 3.32. The van der Waals surface area contributed by atoms with Crippen LogP contribution in [0, 0.1) is 0 Å². The summed E-state index contributed by atoms with van der Waals surface area (Å²) >= 11 is 0. The standard InChI is InChI=1S/C10H14O4/c1-3-12-10(13-4-2)7-8-5-6-9(11)14-8/h5-7,10H,3-4H2,1-2H3/b8-7+. The highest BCUT2D eigenvalue weighted by Gasteiger charge is 2.12. The normalized spacial score (nSPS) is 18.2. The third-order valence-electron chi connectivity index (χ3n) is 1.56. The summed E-state index contributed by atoms with van der Waals surface area (Å²) in [5.74, 6) is 0.116. The predicted octanol–water partition coefficient (Wildman–Crippen LogP) is 1.38. The Labute approximate surface area is 83.1 Å². The van der Waals surface area contributed by atoms with E-state index in [1.807, 2.05) is 13.8 Å². The van der Waals surface area contributed by atoms with Crippen molar-refractivity contribution in [2.45, 2.75) is 20.1 Å². The van der Waals surface area contributed by atoms with Crippen LogP contribution in [0.15, 0.2) is 24.0 Å². The van der Waals surface area contributed by atoms with Gasteiger partial charge in [-0.2, -0.15) is 0 Å². The molecule has 0 spiro atoms. The van der Waals surface area contributed by atoms with Gasteiger partial charge in [-0.1, -0.05) is 0 Å². The van der Waals surface area contributed by atoms with Crippen molar-refractivity contribution in [2.75, 3.05) is 13.2 Å². The third-order valence-corrected chi connectivity index (χ3v) is 1.56. The highest BCUT2D eigenvalue weighted by atomic mass is 16.7. The van der Waals surface area contributed by atoms with Crippen molar-refractivity contribution in [3.05, 3.63) is 24.0 Å². The van der Waals surface area contributed by atoms with Gasteiger partial charge in [0.25, 0.3) is 0 Å². The van der Waals surface area contributed by atoms with Crippen molar-refractivity contribution in [3.63, 3.8) is 0 Å². The van der Waals surface area contributed by atoms with Crippen molar-refractivity contribution >= 4 is 5.97 Å². The Balaban J connectivity index is 2.53. The molecular formula is C10H14O4. The smallest absolute Gasteiger partial charge is 0.336 e. The number of allylic oxidation sites excluding steroid dienone is 1. The van der Waals surface area contributed by atoms with Crippen LogP contribution in [-0.4, -0.2) is 25.5 Å². The minimum Gasteiger partial charge on any atom is -0.424 e. The molecule has 1 heterocycles. The number of hydrogen-bond acceptors (Lipinski definition) is 4. The van der Waals surface area contributed by atoms with Gasteiger partial charge in [0.05, 0.1) is 0 Å². The van der Waals surface area contributed by atoms with Crippen LogP contribution in [0.4, 0.5) is 0 Å². The molecule has 0 N–H and O–H groups in total. The van der Waals surface area contributed by atoms with E-state index in [2.05, 4.69) is 0 Å². The summed E-state index contributed by atoms with van der Waals surface area (Å²) in [6.45, 7) is 4.85. The van der Waals surface area contributed by atoms with E-state index < -0.39 is 6.29 Å². The quantitative estimate of drug-likeness (QED) is 0.494. The molecule has 1 aliphatic rings. The first-order chi connectivity index (χ1) is 6.76. The van der Waals surface area contributed by atoms with Gasteiger partial charge in [0.1, 0.15) is 5.76 Å². The summed E-state index contributed by atoms with van der Waals surface area (Å²) in [4.78, 5) is 10.7. The van der Waals surface area contributed by atoms with Crippen molar-refractivity contribution in [2.24, 2.45) is 0 Å². The van der Waals surface area contributed by atoms with Crippen LogP contribution in [0.5, 0.6) is 0 Å². The fraction of sp³-hybridized carbons (Fsp3) is 0.500. The van der Waals surface area contributed by atoms with Gasteiger partial charge in [-0.25, -0.2) is 4.79 Å². The van der Waals surface area contributed by atoms with Gasteiger partial charge in [-0.15, -0.1) is 0 Å². The molecule has 4 heteroatoms. The Kier molecular flexibility index (Phi) is 4.35. The molecule has 1 rings (SSSR count). The fourth-order valence-corrected chi connectivity index (χ4v) is 1.03. The van der Waals surface area contributed by atoms with Crippen LogP contribution >= 0.6 is 0 Å². The maximum absolute atomic E-state index is 10.7. The van der Waals surface area contributed by atoms with E-state index in [1.54, 1.807) is 12.2 Å². The van der Waals surface area contributed by atoms with Crippen molar-refractivity contribution in [1.29, 1.82) is 0 Å². The Bertz CT molecular complexity index is 249. The first-order valence-corrected chi connectivity index (χ1v) is 4.61. The zero-order valence-electron chi connectivity index (χ0n) is 8.36. The number of ether oxygens (including phenoxy) is 3. The highest BCUT2D eigenvalue weighted by molar-refractivity contribution is 5.86. The lowest BCUT2D eigenvalue weighted by Gasteiger charge is -2.12. The van der Waals surface area contributed by atoms with E-state index >= 15 is 0 Å². The molecule has 14 heavy (non-hydrogen) atoms. The number of cyclic esters (lactones) is 1. The highest BCUT2D eigenvalue weighted by Crippen LogP contribution is 2.11. The molecule has 0 amide bonds. The lowest BCUT2D eigenvalue weighted by molar-refractivity contribution is -0.132. The summed E-state index contributed by atoms with van der Waals surface area (Å²) in [5, 5.41) is 0. The van der Waals surface area contributed by atoms with Crippen LogP contribution in [-0.2, 0) is 19.0 Å². The summed E-state index contributed by atoms with van der Waals surface area (Å²) in [7, 11) is 0. The van der Waals surface area contributed by atoms with Gasteiger partial charge in [0.2, 0.25) is 0 Å². The molecule has 0 fully saturated rings. The fourth-order valence-electron chi connectivity index (χ4n) is 1.03. The second-order valence-corrected chi connectivity index (χ2v) is 2.60. The van der Waals surface area contributed by atoms with Gasteiger partial charge in [-0.05, 0) is 19.9 Å². The molecule has 0 aliphatic carbocycles. The summed E-state index contributed by atoms with van der Waals surface area (Å²) in [6.07, 6.45) is 4.14. The predicted molar refractivity (Wildman–Crippen MR) is 50.4 cm³/mol. The second kappa shape index (κ2) is 5.57. The molecule has 0 radical (unpaired) electrons. The van der Waals surface area contributed by atoms with Gasteiger partial charge in [0.15, 0.2) is 6.29 Å². The molecule has 0 aromatic heterocycles. The minimum atomic E-state index is -0.449. The molecular weight excluding hydrogens is 184 g/mol. The van der Waals surface area contributed by atoms with Gasteiger partial charge in [0, 0.05) is 25.4 Å². The topological polar surface area (TPSA) is 44.8 Å². The number of carbonyl (C=O) groups excluding carboxylic acids is 1. The van der Waals surface area contributed by atoms with Crippen molar-refractivity contribution in [3.8, 4) is 0 Å². The monoisotopic (exact) mass is 198 g/mol. The maximum atomic E-state index is 10.7. The first kappa shape index (κ1) is 10.9. The maximum Gasteiger partial charge on any atom is 0.336 e. The number of carbonyl (C=O) groups is 1.